The predicted molar refractivity (Wildman–Crippen MR) is 81.5 cm³/mol. The first-order chi connectivity index (χ1) is 9.88. The first kappa shape index (κ1) is 12.8. The lowest BCUT2D eigenvalue weighted by molar-refractivity contribution is 0.589. The van der Waals surface area contributed by atoms with Crippen LogP contribution in [0, 0.1) is 0 Å². The largest absolute Gasteiger partial charge is 0.313 e. The Morgan fingerprint density at radius 3 is 2.65 bits per heavy atom. The number of hydrogen-bond acceptors (Lipinski definition) is 3. The fourth-order valence-electron chi connectivity index (χ4n) is 2.58. The molecular weight excluding hydrogens is 246 g/mol. The van der Waals surface area contributed by atoms with Gasteiger partial charge in [-0.05, 0) is 41.4 Å². The third kappa shape index (κ3) is 2.53. The van der Waals surface area contributed by atoms with Gasteiger partial charge in [0.05, 0.1) is 6.20 Å². The van der Waals surface area contributed by atoms with Crippen molar-refractivity contribution in [1.82, 2.24) is 15.5 Å². The van der Waals surface area contributed by atoms with Crippen molar-refractivity contribution in [2.45, 2.75) is 12.5 Å². The Hall–Kier alpha value is -2.26. The minimum atomic E-state index is 0.247. The zero-order valence-corrected chi connectivity index (χ0v) is 11.5. The molecule has 1 aromatic heterocycles. The van der Waals surface area contributed by atoms with Crippen LogP contribution in [0.5, 0.6) is 0 Å². The lowest BCUT2D eigenvalue weighted by Gasteiger charge is -2.17. The van der Waals surface area contributed by atoms with Crippen LogP contribution in [0.25, 0.3) is 10.8 Å². The molecule has 1 N–H and O–H groups in total. The number of hydrogen-bond donors (Lipinski definition) is 1. The van der Waals surface area contributed by atoms with Crippen LogP contribution in [0.1, 0.15) is 17.2 Å². The Labute approximate surface area is 118 Å². The van der Waals surface area contributed by atoms with Gasteiger partial charge in [-0.15, -0.1) is 0 Å². The molecule has 1 heterocycles. The maximum atomic E-state index is 3.97. The summed E-state index contributed by atoms with van der Waals surface area (Å²) < 4.78 is 0. The minimum absolute atomic E-state index is 0.247. The van der Waals surface area contributed by atoms with Crippen LogP contribution in [0.15, 0.2) is 60.9 Å². The Morgan fingerprint density at radius 1 is 1.00 bits per heavy atom. The van der Waals surface area contributed by atoms with E-state index in [-0.39, 0.29) is 6.04 Å². The zero-order chi connectivity index (χ0) is 13.8. The molecular formula is C17H17N3. The van der Waals surface area contributed by atoms with Crippen LogP contribution in [0.3, 0.4) is 0 Å². The molecule has 0 fully saturated rings. The molecule has 0 radical (unpaired) electrons. The van der Waals surface area contributed by atoms with Crippen LogP contribution in [-0.2, 0) is 6.42 Å². The number of fused-ring (bicyclic) bond motifs is 1. The van der Waals surface area contributed by atoms with Gasteiger partial charge in [-0.1, -0.05) is 42.5 Å². The average molecular weight is 263 g/mol. The van der Waals surface area contributed by atoms with E-state index in [1.54, 1.807) is 6.20 Å². The van der Waals surface area contributed by atoms with Crippen molar-refractivity contribution in [1.29, 1.82) is 0 Å². The number of nitrogens with zero attached hydrogens (tertiary/aromatic N) is 2. The average Bonchev–Trinajstić information content (AvgIpc) is 2.53. The van der Waals surface area contributed by atoms with Gasteiger partial charge in [0.2, 0.25) is 0 Å². The second kappa shape index (κ2) is 5.80. The summed E-state index contributed by atoms with van der Waals surface area (Å²) in [5.74, 6) is 0. The molecule has 0 spiro atoms. The number of benzene rings is 2. The van der Waals surface area contributed by atoms with E-state index in [0.29, 0.717) is 0 Å². The highest BCUT2D eigenvalue weighted by Gasteiger charge is 2.11. The molecule has 3 heteroatoms. The molecule has 0 aliphatic rings. The van der Waals surface area contributed by atoms with Crippen molar-refractivity contribution in [3.05, 3.63) is 72.1 Å². The summed E-state index contributed by atoms with van der Waals surface area (Å²) >= 11 is 0. The minimum Gasteiger partial charge on any atom is -0.313 e. The molecule has 20 heavy (non-hydrogen) atoms. The molecule has 1 atom stereocenters. The molecule has 0 aliphatic carbocycles. The summed E-state index contributed by atoms with van der Waals surface area (Å²) in [5, 5.41) is 13.8. The van der Waals surface area contributed by atoms with E-state index in [0.717, 1.165) is 12.0 Å². The van der Waals surface area contributed by atoms with Crippen LogP contribution in [0.2, 0.25) is 0 Å². The molecule has 0 saturated carbocycles. The van der Waals surface area contributed by atoms with Crippen molar-refractivity contribution in [2.24, 2.45) is 0 Å². The molecule has 3 rings (SSSR count). The number of aromatic nitrogens is 2. The summed E-state index contributed by atoms with van der Waals surface area (Å²) in [6.07, 6.45) is 4.50. The zero-order valence-electron chi connectivity index (χ0n) is 11.5. The molecule has 3 nitrogen and oxygen atoms in total. The van der Waals surface area contributed by atoms with Gasteiger partial charge >= 0.3 is 0 Å². The normalized spacial score (nSPS) is 12.4. The first-order valence-corrected chi connectivity index (χ1v) is 6.79. The van der Waals surface area contributed by atoms with Crippen LogP contribution in [0.4, 0.5) is 0 Å². The van der Waals surface area contributed by atoms with E-state index >= 15 is 0 Å². The van der Waals surface area contributed by atoms with E-state index in [9.17, 15) is 0 Å². The van der Waals surface area contributed by atoms with E-state index < -0.39 is 0 Å². The summed E-state index contributed by atoms with van der Waals surface area (Å²) in [7, 11) is 1.98. The summed E-state index contributed by atoms with van der Waals surface area (Å²) in [4.78, 5) is 0. The highest BCUT2D eigenvalue weighted by Crippen LogP contribution is 2.24. The molecule has 1 unspecified atom stereocenters. The first-order valence-electron chi connectivity index (χ1n) is 6.79. The molecule has 3 aromatic rings. The third-order valence-electron chi connectivity index (χ3n) is 3.66. The Bertz CT molecular complexity index is 689. The summed E-state index contributed by atoms with van der Waals surface area (Å²) in [6.45, 7) is 0. The number of nitrogens with one attached hydrogen (secondary N) is 1. The van der Waals surface area contributed by atoms with Crippen LogP contribution in [-0.4, -0.2) is 17.2 Å². The molecule has 0 aliphatic heterocycles. The van der Waals surface area contributed by atoms with Gasteiger partial charge < -0.3 is 5.32 Å². The number of likely N-dealkylation sites (N-methyl/N-ethyl adjacent to an activating group) is 1. The van der Waals surface area contributed by atoms with E-state index in [4.69, 9.17) is 0 Å². The standard InChI is InChI=1S/C17H17N3/c1-18-17(15-9-10-19-20-12-15)11-14-7-4-6-13-5-2-3-8-16(13)14/h2-10,12,17-18H,11H2,1H3. The van der Waals surface area contributed by atoms with E-state index in [2.05, 4.69) is 58.0 Å². The van der Waals surface area contributed by atoms with Crippen LogP contribution >= 0.6 is 0 Å². The summed E-state index contributed by atoms with van der Waals surface area (Å²) in [6, 6.07) is 17.2. The quantitative estimate of drug-likeness (QED) is 0.786. The Balaban J connectivity index is 1.96. The van der Waals surface area contributed by atoms with Crippen molar-refractivity contribution < 1.29 is 0 Å². The van der Waals surface area contributed by atoms with Crippen molar-refractivity contribution >= 4 is 10.8 Å². The molecule has 100 valence electrons. The maximum Gasteiger partial charge on any atom is 0.0544 e. The molecule has 0 amide bonds. The van der Waals surface area contributed by atoms with Crippen molar-refractivity contribution in [3.8, 4) is 0 Å². The van der Waals surface area contributed by atoms with E-state index in [1.165, 1.54) is 16.3 Å². The Morgan fingerprint density at radius 2 is 1.85 bits per heavy atom. The van der Waals surface area contributed by atoms with Crippen LogP contribution < -0.4 is 5.32 Å². The predicted octanol–water partition coefficient (Wildman–Crippen LogP) is 3.13. The van der Waals surface area contributed by atoms with Crippen molar-refractivity contribution in [3.63, 3.8) is 0 Å². The number of rotatable bonds is 4. The Kier molecular flexibility index (Phi) is 3.70. The van der Waals surface area contributed by atoms with Gasteiger partial charge in [0, 0.05) is 12.2 Å². The molecule has 0 bridgehead atoms. The lowest BCUT2D eigenvalue weighted by atomic mass is 9.96. The maximum absolute atomic E-state index is 3.97. The van der Waals surface area contributed by atoms with E-state index in [1.807, 2.05) is 19.3 Å². The van der Waals surface area contributed by atoms with Gasteiger partial charge in [-0.25, -0.2) is 0 Å². The van der Waals surface area contributed by atoms with Gasteiger partial charge in [0.25, 0.3) is 0 Å². The summed E-state index contributed by atoms with van der Waals surface area (Å²) in [5.41, 5.74) is 2.51. The second-order valence-corrected chi connectivity index (χ2v) is 4.86. The van der Waals surface area contributed by atoms with Crippen molar-refractivity contribution in [2.75, 3.05) is 7.05 Å². The van der Waals surface area contributed by atoms with Gasteiger partial charge in [-0.2, -0.15) is 10.2 Å². The second-order valence-electron chi connectivity index (χ2n) is 4.86. The highest BCUT2D eigenvalue weighted by molar-refractivity contribution is 5.85. The monoisotopic (exact) mass is 263 g/mol. The fourth-order valence-corrected chi connectivity index (χ4v) is 2.58. The van der Waals surface area contributed by atoms with Gasteiger partial charge in [0.15, 0.2) is 0 Å². The third-order valence-corrected chi connectivity index (χ3v) is 3.66. The fraction of sp³-hybridized carbons (Fsp3) is 0.176. The van der Waals surface area contributed by atoms with Gasteiger partial charge in [0.1, 0.15) is 0 Å². The smallest absolute Gasteiger partial charge is 0.0544 e. The molecule has 2 aromatic carbocycles. The SMILES string of the molecule is CNC(Cc1cccc2ccccc12)c1ccnnc1. The van der Waals surface area contributed by atoms with Gasteiger partial charge in [-0.3, -0.25) is 0 Å². The highest BCUT2D eigenvalue weighted by atomic mass is 15.1. The lowest BCUT2D eigenvalue weighted by Crippen LogP contribution is -2.19. The molecule has 0 saturated heterocycles. The topological polar surface area (TPSA) is 37.8 Å².